The van der Waals surface area contributed by atoms with Crippen molar-refractivity contribution >= 4 is 23.2 Å². The van der Waals surface area contributed by atoms with Crippen LogP contribution in [0.2, 0.25) is 5.02 Å². The first kappa shape index (κ1) is 13.0. The first-order valence-corrected chi connectivity index (χ1v) is 5.46. The molecule has 1 aromatic heterocycles. The molecule has 0 aliphatic rings. The third-order valence-corrected chi connectivity index (χ3v) is 2.42. The highest BCUT2D eigenvalue weighted by Crippen LogP contribution is 2.27. The molecule has 0 radical (unpaired) electrons. The average Bonchev–Trinajstić information content (AvgIpc) is 2.18. The summed E-state index contributed by atoms with van der Waals surface area (Å²) < 4.78 is 0. The number of halogens is 1. The largest absolute Gasteiger partial charge is 0.389 e. The highest BCUT2D eigenvalue weighted by Gasteiger charge is 2.21. The Morgan fingerprint density at radius 2 is 2.12 bits per heavy atom. The molecule has 6 heteroatoms. The smallest absolute Gasteiger partial charge is 0.153 e. The molecule has 0 unspecified atom stereocenters. The van der Waals surface area contributed by atoms with Crippen LogP contribution >= 0.6 is 11.6 Å². The van der Waals surface area contributed by atoms with Gasteiger partial charge in [-0.15, -0.1) is 0 Å². The number of hydrogen-bond acceptors (Lipinski definition) is 5. The van der Waals surface area contributed by atoms with E-state index in [1.54, 1.807) is 13.8 Å². The summed E-state index contributed by atoms with van der Waals surface area (Å²) in [4.78, 5) is 9.75. The maximum absolute atomic E-state index is 9.78. The molecule has 0 saturated carbocycles. The van der Waals surface area contributed by atoms with Crippen LogP contribution in [-0.4, -0.2) is 33.8 Å². The molecule has 1 aromatic rings. The van der Waals surface area contributed by atoms with Crippen LogP contribution < -0.4 is 10.6 Å². The SMILES string of the molecule is CCN(CC(C)(C)O)c1ncnc(N)c1Cl. The molecule has 0 atom stereocenters. The van der Waals surface area contributed by atoms with Gasteiger partial charge in [0.25, 0.3) is 0 Å². The van der Waals surface area contributed by atoms with Crippen molar-refractivity contribution in [2.75, 3.05) is 23.7 Å². The van der Waals surface area contributed by atoms with Crippen molar-refractivity contribution in [2.24, 2.45) is 0 Å². The Hall–Kier alpha value is -1.07. The van der Waals surface area contributed by atoms with Crippen molar-refractivity contribution in [3.8, 4) is 0 Å². The summed E-state index contributed by atoms with van der Waals surface area (Å²) in [5.41, 5.74) is 4.78. The molecule has 0 spiro atoms. The van der Waals surface area contributed by atoms with E-state index >= 15 is 0 Å². The van der Waals surface area contributed by atoms with E-state index < -0.39 is 5.60 Å². The van der Waals surface area contributed by atoms with E-state index in [9.17, 15) is 5.11 Å². The summed E-state index contributed by atoms with van der Waals surface area (Å²) in [6, 6.07) is 0. The fourth-order valence-electron chi connectivity index (χ4n) is 1.40. The lowest BCUT2D eigenvalue weighted by molar-refractivity contribution is 0.0874. The number of likely N-dealkylation sites (N-methyl/N-ethyl adjacent to an activating group) is 1. The van der Waals surface area contributed by atoms with Crippen LogP contribution in [0.15, 0.2) is 6.33 Å². The van der Waals surface area contributed by atoms with E-state index in [2.05, 4.69) is 9.97 Å². The van der Waals surface area contributed by atoms with Gasteiger partial charge in [-0.1, -0.05) is 11.6 Å². The summed E-state index contributed by atoms with van der Waals surface area (Å²) in [7, 11) is 0. The second-order valence-electron chi connectivity index (χ2n) is 4.22. The molecular weight excluding hydrogens is 228 g/mol. The quantitative estimate of drug-likeness (QED) is 0.835. The summed E-state index contributed by atoms with van der Waals surface area (Å²) in [5.74, 6) is 0.805. The Balaban J connectivity index is 3.00. The molecular formula is C10H17ClN4O. The topological polar surface area (TPSA) is 75.3 Å². The summed E-state index contributed by atoms with van der Waals surface area (Å²) in [6.07, 6.45) is 1.36. The number of hydrogen-bond donors (Lipinski definition) is 2. The van der Waals surface area contributed by atoms with Crippen LogP contribution in [0.5, 0.6) is 0 Å². The van der Waals surface area contributed by atoms with E-state index in [4.69, 9.17) is 17.3 Å². The van der Waals surface area contributed by atoms with Crippen molar-refractivity contribution in [2.45, 2.75) is 26.4 Å². The van der Waals surface area contributed by atoms with Crippen LogP contribution in [0.1, 0.15) is 20.8 Å². The number of aliphatic hydroxyl groups is 1. The van der Waals surface area contributed by atoms with Gasteiger partial charge >= 0.3 is 0 Å². The maximum Gasteiger partial charge on any atom is 0.153 e. The minimum atomic E-state index is -0.820. The number of aromatic nitrogens is 2. The summed E-state index contributed by atoms with van der Waals surface area (Å²) >= 11 is 6.02. The van der Waals surface area contributed by atoms with Gasteiger partial charge in [-0.25, -0.2) is 9.97 Å². The predicted octanol–water partition coefficient (Wildman–Crippen LogP) is 1.31. The molecule has 90 valence electrons. The number of nitrogens with two attached hydrogens (primary N) is 1. The molecule has 0 saturated heterocycles. The summed E-state index contributed by atoms with van der Waals surface area (Å²) in [6.45, 7) is 6.53. The van der Waals surface area contributed by atoms with Crippen LogP contribution in [0.25, 0.3) is 0 Å². The van der Waals surface area contributed by atoms with Crippen LogP contribution in [0, 0.1) is 0 Å². The zero-order valence-electron chi connectivity index (χ0n) is 9.74. The van der Waals surface area contributed by atoms with Gasteiger partial charge in [0.05, 0.1) is 5.60 Å². The van der Waals surface area contributed by atoms with Gasteiger partial charge in [0.2, 0.25) is 0 Å². The van der Waals surface area contributed by atoms with Crippen LogP contribution in [0.4, 0.5) is 11.6 Å². The van der Waals surface area contributed by atoms with E-state index in [-0.39, 0.29) is 5.82 Å². The molecule has 5 nitrogen and oxygen atoms in total. The lowest BCUT2D eigenvalue weighted by Crippen LogP contribution is -2.39. The number of rotatable bonds is 4. The first-order chi connectivity index (χ1) is 7.35. The molecule has 16 heavy (non-hydrogen) atoms. The zero-order valence-corrected chi connectivity index (χ0v) is 10.5. The summed E-state index contributed by atoms with van der Waals surface area (Å²) in [5, 5.41) is 10.1. The van der Waals surface area contributed by atoms with Crippen molar-refractivity contribution in [1.29, 1.82) is 0 Å². The van der Waals surface area contributed by atoms with Gasteiger partial charge in [0.1, 0.15) is 17.2 Å². The fourth-order valence-corrected chi connectivity index (χ4v) is 1.61. The van der Waals surface area contributed by atoms with Gasteiger partial charge in [-0.3, -0.25) is 0 Å². The highest BCUT2D eigenvalue weighted by atomic mass is 35.5. The van der Waals surface area contributed by atoms with Crippen molar-refractivity contribution in [1.82, 2.24) is 9.97 Å². The molecule has 1 heterocycles. The molecule has 0 amide bonds. The Kier molecular flexibility index (Phi) is 3.93. The lowest BCUT2D eigenvalue weighted by Gasteiger charge is -2.29. The van der Waals surface area contributed by atoms with Crippen molar-refractivity contribution in [3.63, 3.8) is 0 Å². The highest BCUT2D eigenvalue weighted by molar-refractivity contribution is 6.35. The molecule has 0 bridgehead atoms. The second-order valence-corrected chi connectivity index (χ2v) is 4.60. The van der Waals surface area contributed by atoms with Gasteiger partial charge < -0.3 is 15.7 Å². The van der Waals surface area contributed by atoms with Gasteiger partial charge in [-0.2, -0.15) is 0 Å². The Morgan fingerprint density at radius 3 is 2.62 bits per heavy atom. The zero-order chi connectivity index (χ0) is 12.3. The number of nitrogen functional groups attached to an aromatic ring is 1. The fraction of sp³-hybridized carbons (Fsp3) is 0.600. The Morgan fingerprint density at radius 1 is 1.50 bits per heavy atom. The van der Waals surface area contributed by atoms with Gasteiger partial charge in [0, 0.05) is 13.1 Å². The minimum absolute atomic E-state index is 0.251. The minimum Gasteiger partial charge on any atom is -0.389 e. The molecule has 1 rings (SSSR count). The van der Waals surface area contributed by atoms with Crippen LogP contribution in [0.3, 0.4) is 0 Å². The number of nitrogens with zero attached hydrogens (tertiary/aromatic N) is 3. The second kappa shape index (κ2) is 4.84. The Labute approximate surface area is 100 Å². The van der Waals surface area contributed by atoms with E-state index in [0.717, 1.165) is 0 Å². The monoisotopic (exact) mass is 244 g/mol. The number of anilines is 2. The molecule has 3 N–H and O–H groups in total. The third kappa shape index (κ3) is 3.21. The van der Waals surface area contributed by atoms with E-state index in [1.165, 1.54) is 6.33 Å². The van der Waals surface area contributed by atoms with Gasteiger partial charge in [-0.05, 0) is 20.8 Å². The molecule has 0 aliphatic carbocycles. The maximum atomic E-state index is 9.78. The standard InChI is InChI=1S/C10H17ClN4O/c1-4-15(5-10(2,3)16)9-7(11)8(12)13-6-14-9/h6,16H,4-5H2,1-3H3,(H2,12,13,14). The predicted molar refractivity (Wildman–Crippen MR) is 65.6 cm³/mol. The molecule has 0 aromatic carbocycles. The van der Waals surface area contributed by atoms with Gasteiger partial charge in [0.15, 0.2) is 5.82 Å². The van der Waals surface area contributed by atoms with Crippen molar-refractivity contribution in [3.05, 3.63) is 11.3 Å². The lowest BCUT2D eigenvalue weighted by atomic mass is 10.1. The van der Waals surface area contributed by atoms with E-state index in [1.807, 2.05) is 11.8 Å². The first-order valence-electron chi connectivity index (χ1n) is 5.08. The van der Waals surface area contributed by atoms with Crippen LogP contribution in [-0.2, 0) is 0 Å². The average molecular weight is 245 g/mol. The van der Waals surface area contributed by atoms with E-state index in [0.29, 0.717) is 23.9 Å². The van der Waals surface area contributed by atoms with Crippen molar-refractivity contribution < 1.29 is 5.11 Å². The normalized spacial score (nSPS) is 11.6. The molecule has 0 aliphatic heterocycles. The molecule has 0 fully saturated rings. The third-order valence-electron chi connectivity index (χ3n) is 2.06. The Bertz CT molecular complexity index is 364.